The van der Waals surface area contributed by atoms with E-state index in [4.69, 9.17) is 10.8 Å². The van der Waals surface area contributed by atoms with E-state index in [1.165, 1.54) is 38.5 Å². The molecule has 0 rings (SSSR count). The number of nitrogens with two attached hydrogens (primary N) is 1. The minimum absolute atomic E-state index is 0.161. The van der Waals surface area contributed by atoms with Crippen LogP contribution in [0, 0.1) is 0 Å². The number of aliphatic hydroxyl groups excluding tert-OH is 1. The van der Waals surface area contributed by atoms with Crippen LogP contribution in [0.1, 0.15) is 71.6 Å². The molecule has 0 spiro atoms. The first-order valence-corrected chi connectivity index (χ1v) is 6.58. The second-order valence-electron chi connectivity index (χ2n) is 4.01. The summed E-state index contributed by atoms with van der Waals surface area (Å²) in [4.78, 5) is 10.4. The van der Waals surface area contributed by atoms with Crippen molar-refractivity contribution >= 4 is 5.91 Å². The Kier molecular flexibility index (Phi) is 18.8. The number of amides is 1. The minimum atomic E-state index is -0.161. The molecule has 0 heterocycles. The van der Waals surface area contributed by atoms with E-state index in [1.807, 2.05) is 0 Å². The van der Waals surface area contributed by atoms with Gasteiger partial charge in [-0.05, 0) is 13.3 Å². The van der Waals surface area contributed by atoms with Crippen LogP contribution < -0.4 is 5.73 Å². The molecule has 0 saturated carbocycles. The van der Waals surface area contributed by atoms with Gasteiger partial charge in [0.2, 0.25) is 5.91 Å². The molecular weight excluding hydrogens is 202 g/mol. The van der Waals surface area contributed by atoms with E-state index in [1.54, 1.807) is 6.92 Å². The van der Waals surface area contributed by atoms with Crippen molar-refractivity contribution in [1.29, 1.82) is 0 Å². The molecule has 0 aliphatic carbocycles. The van der Waals surface area contributed by atoms with Gasteiger partial charge in [0, 0.05) is 13.0 Å². The Hall–Kier alpha value is -0.570. The topological polar surface area (TPSA) is 63.3 Å². The standard InChI is InChI=1S/C11H23NO.C2H6O/c1-2-3-4-5-6-7-8-9-10-11(12)13;1-2-3/h2-10H2,1H3,(H2,12,13);3H,2H2,1H3. The van der Waals surface area contributed by atoms with Crippen molar-refractivity contribution in [1.82, 2.24) is 0 Å². The molecule has 0 bridgehead atoms. The summed E-state index contributed by atoms with van der Waals surface area (Å²) in [6.07, 6.45) is 10.7. The van der Waals surface area contributed by atoms with Crippen LogP contribution in [0.25, 0.3) is 0 Å². The van der Waals surface area contributed by atoms with Gasteiger partial charge >= 0.3 is 0 Å². The molecule has 0 fully saturated rings. The van der Waals surface area contributed by atoms with Gasteiger partial charge in [-0.3, -0.25) is 4.79 Å². The lowest BCUT2D eigenvalue weighted by Gasteiger charge is -1.99. The van der Waals surface area contributed by atoms with E-state index in [9.17, 15) is 4.79 Å². The van der Waals surface area contributed by atoms with E-state index in [2.05, 4.69) is 6.92 Å². The Morgan fingerprint density at radius 1 is 0.938 bits per heavy atom. The number of carbonyl (C=O) groups excluding carboxylic acids is 1. The maximum Gasteiger partial charge on any atom is 0.217 e. The number of rotatable bonds is 9. The summed E-state index contributed by atoms with van der Waals surface area (Å²) >= 11 is 0. The Balaban J connectivity index is 0. The monoisotopic (exact) mass is 231 g/mol. The maximum atomic E-state index is 10.4. The van der Waals surface area contributed by atoms with Crippen molar-refractivity contribution in [2.75, 3.05) is 6.61 Å². The second kappa shape index (κ2) is 16.8. The fourth-order valence-electron chi connectivity index (χ4n) is 1.43. The number of aliphatic hydroxyl groups is 1. The van der Waals surface area contributed by atoms with Crippen molar-refractivity contribution in [3.05, 3.63) is 0 Å². The Bertz CT molecular complexity index is 138. The van der Waals surface area contributed by atoms with Crippen LogP contribution >= 0.6 is 0 Å². The van der Waals surface area contributed by atoms with Gasteiger partial charge in [0.25, 0.3) is 0 Å². The SMILES string of the molecule is CCCCCCCCCCC(N)=O.CCO. The van der Waals surface area contributed by atoms with Gasteiger partial charge in [0.05, 0.1) is 0 Å². The van der Waals surface area contributed by atoms with Crippen LogP contribution in [0.5, 0.6) is 0 Å². The van der Waals surface area contributed by atoms with Crippen LogP contribution in [-0.4, -0.2) is 17.6 Å². The predicted molar refractivity (Wildman–Crippen MR) is 69.2 cm³/mol. The molecule has 0 aliphatic rings. The number of hydrogen-bond acceptors (Lipinski definition) is 2. The van der Waals surface area contributed by atoms with Crippen molar-refractivity contribution in [3.8, 4) is 0 Å². The highest BCUT2D eigenvalue weighted by atomic mass is 16.2. The summed E-state index contributed by atoms with van der Waals surface area (Å²) in [5, 5.41) is 7.57. The number of carbonyl (C=O) groups is 1. The lowest BCUT2D eigenvalue weighted by molar-refractivity contribution is -0.118. The molecule has 0 saturated heterocycles. The summed E-state index contributed by atoms with van der Waals surface area (Å²) in [5.74, 6) is -0.161. The lowest BCUT2D eigenvalue weighted by atomic mass is 10.1. The van der Waals surface area contributed by atoms with Crippen molar-refractivity contribution < 1.29 is 9.90 Å². The average Bonchev–Trinajstić information content (AvgIpc) is 2.23. The summed E-state index contributed by atoms with van der Waals surface area (Å²) < 4.78 is 0. The summed E-state index contributed by atoms with van der Waals surface area (Å²) in [5.41, 5.74) is 5.03. The van der Waals surface area contributed by atoms with Gasteiger partial charge in [0.15, 0.2) is 0 Å². The first-order chi connectivity index (χ1) is 7.68. The van der Waals surface area contributed by atoms with Crippen LogP contribution in [0.2, 0.25) is 0 Å². The lowest BCUT2D eigenvalue weighted by Crippen LogP contribution is -2.09. The molecule has 0 radical (unpaired) electrons. The first kappa shape index (κ1) is 17.8. The van der Waals surface area contributed by atoms with Gasteiger partial charge in [-0.1, -0.05) is 51.9 Å². The molecule has 16 heavy (non-hydrogen) atoms. The summed E-state index contributed by atoms with van der Waals surface area (Å²) in [7, 11) is 0. The Morgan fingerprint density at radius 2 is 1.31 bits per heavy atom. The van der Waals surface area contributed by atoms with E-state index >= 15 is 0 Å². The molecule has 0 aromatic heterocycles. The Morgan fingerprint density at radius 3 is 1.69 bits per heavy atom. The average molecular weight is 231 g/mol. The normalized spacial score (nSPS) is 9.44. The van der Waals surface area contributed by atoms with Crippen molar-refractivity contribution in [2.24, 2.45) is 5.73 Å². The fourth-order valence-corrected chi connectivity index (χ4v) is 1.43. The van der Waals surface area contributed by atoms with E-state index in [-0.39, 0.29) is 12.5 Å². The van der Waals surface area contributed by atoms with E-state index in [0.717, 1.165) is 12.8 Å². The zero-order valence-corrected chi connectivity index (χ0v) is 11.0. The highest BCUT2D eigenvalue weighted by molar-refractivity contribution is 5.73. The van der Waals surface area contributed by atoms with Gasteiger partial charge in [-0.2, -0.15) is 0 Å². The van der Waals surface area contributed by atoms with Gasteiger partial charge in [-0.15, -0.1) is 0 Å². The summed E-state index contributed by atoms with van der Waals surface area (Å²) in [6.45, 7) is 4.16. The minimum Gasteiger partial charge on any atom is -0.397 e. The number of hydrogen-bond donors (Lipinski definition) is 2. The van der Waals surface area contributed by atoms with Crippen LogP contribution in [0.3, 0.4) is 0 Å². The number of primary amides is 1. The molecule has 0 aromatic rings. The fraction of sp³-hybridized carbons (Fsp3) is 0.923. The Labute approximate surface area is 100 Å². The zero-order chi connectivity index (χ0) is 12.6. The molecule has 0 atom stereocenters. The third-order valence-electron chi connectivity index (χ3n) is 2.28. The second-order valence-corrected chi connectivity index (χ2v) is 4.01. The zero-order valence-electron chi connectivity index (χ0n) is 11.0. The van der Waals surface area contributed by atoms with Crippen LogP contribution in [0.15, 0.2) is 0 Å². The molecule has 0 aliphatic heterocycles. The quantitative estimate of drug-likeness (QED) is 0.599. The molecule has 3 N–H and O–H groups in total. The van der Waals surface area contributed by atoms with Gasteiger partial charge in [0.1, 0.15) is 0 Å². The third-order valence-corrected chi connectivity index (χ3v) is 2.28. The molecule has 1 amide bonds. The van der Waals surface area contributed by atoms with Crippen LogP contribution in [0.4, 0.5) is 0 Å². The maximum absolute atomic E-state index is 10.4. The first-order valence-electron chi connectivity index (χ1n) is 6.58. The van der Waals surface area contributed by atoms with Gasteiger partial charge < -0.3 is 10.8 Å². The largest absolute Gasteiger partial charge is 0.397 e. The van der Waals surface area contributed by atoms with Crippen molar-refractivity contribution in [3.63, 3.8) is 0 Å². The number of unbranched alkanes of at least 4 members (excludes halogenated alkanes) is 7. The molecule has 0 unspecified atom stereocenters. The molecular formula is C13H29NO2. The smallest absolute Gasteiger partial charge is 0.217 e. The highest BCUT2D eigenvalue weighted by Gasteiger charge is 1.94. The molecule has 3 nitrogen and oxygen atoms in total. The third kappa shape index (κ3) is 23.3. The molecule has 3 heteroatoms. The highest BCUT2D eigenvalue weighted by Crippen LogP contribution is 2.08. The van der Waals surface area contributed by atoms with Gasteiger partial charge in [-0.25, -0.2) is 0 Å². The molecule has 98 valence electrons. The van der Waals surface area contributed by atoms with E-state index < -0.39 is 0 Å². The van der Waals surface area contributed by atoms with Crippen LogP contribution in [-0.2, 0) is 4.79 Å². The van der Waals surface area contributed by atoms with E-state index in [0.29, 0.717) is 6.42 Å². The predicted octanol–water partition coefficient (Wildman–Crippen LogP) is 3.00. The van der Waals surface area contributed by atoms with Crippen molar-refractivity contribution in [2.45, 2.75) is 71.6 Å². The molecule has 0 aromatic carbocycles. The summed E-state index contributed by atoms with van der Waals surface area (Å²) in [6, 6.07) is 0.